The minimum Gasteiger partial charge on any atom is -0.404 e. The average Bonchev–Trinajstić information content (AvgIpc) is 2.86. The Balaban J connectivity index is 2.30. The summed E-state index contributed by atoms with van der Waals surface area (Å²) >= 11 is 16.6. The first-order chi connectivity index (χ1) is 7.99. The molecule has 2 rings (SSSR count). The predicted molar refractivity (Wildman–Crippen MR) is 70.1 cm³/mol. The maximum atomic E-state index is 10.5. The van der Waals surface area contributed by atoms with Crippen LogP contribution in [-0.4, -0.2) is 4.92 Å². The number of furan rings is 1. The fourth-order valence-corrected chi connectivity index (χ4v) is 3.24. The van der Waals surface area contributed by atoms with Gasteiger partial charge in [0, 0.05) is 9.35 Å². The summed E-state index contributed by atoms with van der Waals surface area (Å²) in [5.41, 5.74) is 0. The molecule has 0 N–H and O–H groups in total. The molecular weight excluding hydrogens is 353 g/mol. The molecule has 0 aromatic carbocycles. The van der Waals surface area contributed by atoms with Gasteiger partial charge in [-0.2, -0.15) is 0 Å². The summed E-state index contributed by atoms with van der Waals surface area (Å²) in [5.74, 6) is -0.00356. The van der Waals surface area contributed by atoms with Gasteiger partial charge < -0.3 is 4.42 Å². The Morgan fingerprint density at radius 1 is 1.53 bits per heavy atom. The first-order valence-corrected chi connectivity index (χ1v) is 6.74. The predicted octanol–water partition coefficient (Wildman–Crippen LogP) is 4.99. The lowest BCUT2D eigenvalue weighted by atomic mass is 10.3. The van der Waals surface area contributed by atoms with E-state index >= 15 is 0 Å². The number of halogens is 3. The molecule has 0 amide bonds. The standard InChI is InChI=1S/C9H4BrCl2NO3S/c10-4-3-6(17-9(4)12)8(11)5-1-2-7(16-5)13(14)15/h1-3,8H. The molecule has 0 aliphatic rings. The number of rotatable bonds is 3. The van der Waals surface area contributed by atoms with Crippen molar-refractivity contribution in [2.24, 2.45) is 0 Å². The molecule has 0 saturated heterocycles. The van der Waals surface area contributed by atoms with Gasteiger partial charge in [-0.15, -0.1) is 22.9 Å². The van der Waals surface area contributed by atoms with Gasteiger partial charge >= 0.3 is 5.88 Å². The second-order valence-electron chi connectivity index (χ2n) is 3.07. The highest BCUT2D eigenvalue weighted by molar-refractivity contribution is 9.10. The van der Waals surface area contributed by atoms with Crippen LogP contribution in [0.1, 0.15) is 16.0 Å². The van der Waals surface area contributed by atoms with Gasteiger partial charge in [0.25, 0.3) is 0 Å². The molecule has 0 radical (unpaired) electrons. The minimum atomic E-state index is -0.607. The molecular formula is C9H4BrCl2NO3S. The monoisotopic (exact) mass is 355 g/mol. The molecule has 90 valence electrons. The van der Waals surface area contributed by atoms with E-state index in [1.807, 2.05) is 0 Å². The van der Waals surface area contributed by atoms with E-state index in [0.717, 1.165) is 9.35 Å². The van der Waals surface area contributed by atoms with Crippen LogP contribution >= 0.6 is 50.5 Å². The number of alkyl halides is 1. The molecule has 2 aromatic rings. The van der Waals surface area contributed by atoms with Crippen LogP contribution in [0.4, 0.5) is 5.88 Å². The van der Waals surface area contributed by atoms with Crippen LogP contribution in [0.25, 0.3) is 0 Å². The normalized spacial score (nSPS) is 12.6. The lowest BCUT2D eigenvalue weighted by molar-refractivity contribution is -0.402. The topological polar surface area (TPSA) is 56.3 Å². The average molecular weight is 357 g/mol. The summed E-state index contributed by atoms with van der Waals surface area (Å²) in [6.07, 6.45) is 0. The summed E-state index contributed by atoms with van der Waals surface area (Å²) in [6, 6.07) is 4.52. The third-order valence-electron chi connectivity index (χ3n) is 1.96. The number of thiophene rings is 1. The van der Waals surface area contributed by atoms with Gasteiger partial charge in [-0.25, -0.2) is 0 Å². The molecule has 0 saturated carbocycles. The van der Waals surface area contributed by atoms with Crippen molar-refractivity contribution in [1.29, 1.82) is 0 Å². The van der Waals surface area contributed by atoms with Gasteiger partial charge in [-0.3, -0.25) is 10.1 Å². The van der Waals surface area contributed by atoms with Crippen LogP contribution in [-0.2, 0) is 0 Å². The minimum absolute atomic E-state index is 0.323. The third-order valence-corrected chi connectivity index (χ3v) is 5.08. The molecule has 1 unspecified atom stereocenters. The third kappa shape index (κ3) is 2.65. The van der Waals surface area contributed by atoms with Crippen molar-refractivity contribution >= 4 is 56.4 Å². The number of nitrogens with zero attached hydrogens (tertiary/aromatic N) is 1. The molecule has 17 heavy (non-hydrogen) atoms. The van der Waals surface area contributed by atoms with Gasteiger partial charge in [0.2, 0.25) is 0 Å². The first kappa shape index (κ1) is 12.9. The van der Waals surface area contributed by atoms with E-state index in [4.69, 9.17) is 27.6 Å². The molecule has 2 aromatic heterocycles. The van der Waals surface area contributed by atoms with E-state index < -0.39 is 10.3 Å². The Hall–Kier alpha value is -0.560. The largest absolute Gasteiger partial charge is 0.433 e. The van der Waals surface area contributed by atoms with Crippen molar-refractivity contribution in [2.75, 3.05) is 0 Å². The number of hydrogen-bond acceptors (Lipinski definition) is 4. The molecule has 8 heteroatoms. The van der Waals surface area contributed by atoms with Gasteiger partial charge in [-0.1, -0.05) is 11.6 Å². The molecule has 0 spiro atoms. The maximum Gasteiger partial charge on any atom is 0.433 e. The SMILES string of the molecule is O=[N+]([O-])c1ccc(C(Cl)c2cc(Br)c(Cl)s2)o1. The van der Waals surface area contributed by atoms with Crippen molar-refractivity contribution in [3.8, 4) is 0 Å². The summed E-state index contributed by atoms with van der Waals surface area (Å²) < 4.78 is 6.34. The van der Waals surface area contributed by atoms with E-state index in [1.54, 1.807) is 6.07 Å². The van der Waals surface area contributed by atoms with Gasteiger partial charge in [0.15, 0.2) is 0 Å². The van der Waals surface area contributed by atoms with Crippen LogP contribution in [0.3, 0.4) is 0 Å². The quantitative estimate of drug-likeness (QED) is 0.442. The Bertz CT molecular complexity index is 549. The zero-order valence-corrected chi connectivity index (χ0v) is 11.9. The number of hydrogen-bond donors (Lipinski definition) is 0. The molecule has 2 heterocycles. The van der Waals surface area contributed by atoms with Crippen LogP contribution < -0.4 is 0 Å². The van der Waals surface area contributed by atoms with Crippen molar-refractivity contribution in [3.63, 3.8) is 0 Å². The van der Waals surface area contributed by atoms with Crippen molar-refractivity contribution in [2.45, 2.75) is 5.38 Å². The lowest BCUT2D eigenvalue weighted by Crippen LogP contribution is -1.87. The summed E-state index contributed by atoms with van der Waals surface area (Å²) in [7, 11) is 0. The number of nitro groups is 1. The van der Waals surface area contributed by atoms with E-state index in [2.05, 4.69) is 15.9 Å². The van der Waals surface area contributed by atoms with Crippen LogP contribution in [0.15, 0.2) is 27.1 Å². The second kappa shape index (κ2) is 4.97. The Morgan fingerprint density at radius 2 is 2.24 bits per heavy atom. The van der Waals surface area contributed by atoms with Crippen molar-refractivity contribution in [3.05, 3.63) is 47.8 Å². The molecule has 0 bridgehead atoms. The zero-order valence-electron chi connectivity index (χ0n) is 8.02. The molecule has 0 fully saturated rings. The fraction of sp³-hybridized carbons (Fsp3) is 0.111. The van der Waals surface area contributed by atoms with Crippen molar-refractivity contribution < 1.29 is 9.34 Å². The summed E-state index contributed by atoms with van der Waals surface area (Å²) in [5, 5.41) is 9.89. The molecule has 0 aliphatic carbocycles. The Kier molecular flexibility index (Phi) is 3.77. The molecule has 0 aliphatic heterocycles. The van der Waals surface area contributed by atoms with Crippen LogP contribution in [0.2, 0.25) is 4.34 Å². The summed E-state index contributed by atoms with van der Waals surface area (Å²) in [6.45, 7) is 0. The van der Waals surface area contributed by atoms with E-state index in [0.29, 0.717) is 10.1 Å². The van der Waals surface area contributed by atoms with E-state index in [9.17, 15) is 10.1 Å². The highest BCUT2D eigenvalue weighted by Crippen LogP contribution is 2.41. The smallest absolute Gasteiger partial charge is 0.404 e. The van der Waals surface area contributed by atoms with Gasteiger partial charge in [-0.05, 0) is 28.1 Å². The van der Waals surface area contributed by atoms with Gasteiger partial charge in [0.05, 0.1) is 6.07 Å². The lowest BCUT2D eigenvalue weighted by Gasteiger charge is -2.01. The van der Waals surface area contributed by atoms with E-state index in [1.165, 1.54) is 23.5 Å². The highest BCUT2D eigenvalue weighted by Gasteiger charge is 2.21. The summed E-state index contributed by atoms with van der Waals surface area (Å²) in [4.78, 5) is 10.6. The Labute approximate surface area is 118 Å². The van der Waals surface area contributed by atoms with E-state index in [-0.39, 0.29) is 5.88 Å². The van der Waals surface area contributed by atoms with Crippen LogP contribution in [0, 0.1) is 10.1 Å². The fourth-order valence-electron chi connectivity index (χ4n) is 1.20. The van der Waals surface area contributed by atoms with Gasteiger partial charge in [0.1, 0.15) is 20.4 Å². The Morgan fingerprint density at radius 3 is 2.71 bits per heavy atom. The molecule has 4 nitrogen and oxygen atoms in total. The maximum absolute atomic E-state index is 10.5. The molecule has 1 atom stereocenters. The second-order valence-corrected chi connectivity index (χ2v) is 6.04. The highest BCUT2D eigenvalue weighted by atomic mass is 79.9. The van der Waals surface area contributed by atoms with Crippen molar-refractivity contribution in [1.82, 2.24) is 0 Å². The van der Waals surface area contributed by atoms with Crippen LogP contribution in [0.5, 0.6) is 0 Å². The first-order valence-electron chi connectivity index (χ1n) is 4.32. The zero-order chi connectivity index (χ0) is 12.6.